The summed E-state index contributed by atoms with van der Waals surface area (Å²) in [5, 5.41) is 34.4. The van der Waals surface area contributed by atoms with Crippen LogP contribution in [0.15, 0.2) is 24.5 Å². The molecule has 0 unspecified atom stereocenters. The molecule has 0 bridgehead atoms. The second kappa shape index (κ2) is 5.68. The number of fused-ring (bicyclic) bond motifs is 1. The van der Waals surface area contributed by atoms with E-state index in [1.165, 1.54) is 12.4 Å². The van der Waals surface area contributed by atoms with Crippen molar-refractivity contribution in [1.29, 1.82) is 0 Å². The van der Waals surface area contributed by atoms with E-state index in [0.29, 0.717) is 34.4 Å². The van der Waals surface area contributed by atoms with Gasteiger partial charge in [0, 0.05) is 29.3 Å². The maximum absolute atomic E-state index is 11.3. The first-order valence-corrected chi connectivity index (χ1v) is 5.91. The number of aliphatic hydroxyl groups is 2. The smallest absolute Gasteiger partial charge is 0.219 e. The minimum atomic E-state index is -0.0473. The van der Waals surface area contributed by atoms with Gasteiger partial charge in [-0.15, -0.1) is 0 Å². The largest absolute Gasteiger partial charge is 0.594 e. The molecule has 0 aliphatic heterocycles. The molecule has 0 aliphatic carbocycles. The van der Waals surface area contributed by atoms with E-state index < -0.39 is 0 Å². The molecule has 19 heavy (non-hydrogen) atoms. The SMILES string of the molecule is Nc1ccc(N(CCO)CCO)c2c[n+]([O-])ncc12. The monoisotopic (exact) mass is 264 g/mol. The Morgan fingerprint density at radius 2 is 1.89 bits per heavy atom. The molecule has 1 heterocycles. The van der Waals surface area contributed by atoms with Crippen molar-refractivity contribution >= 4 is 22.1 Å². The zero-order valence-electron chi connectivity index (χ0n) is 10.4. The third-order valence-electron chi connectivity index (χ3n) is 2.92. The highest BCUT2D eigenvalue weighted by atomic mass is 16.5. The van der Waals surface area contributed by atoms with E-state index in [1.807, 2.05) is 0 Å². The number of hydrogen-bond acceptors (Lipinski definition) is 6. The highest BCUT2D eigenvalue weighted by molar-refractivity contribution is 6.00. The van der Waals surface area contributed by atoms with Crippen LogP contribution in [0.1, 0.15) is 0 Å². The predicted octanol–water partition coefficient (Wildman–Crippen LogP) is -0.759. The lowest BCUT2D eigenvalue weighted by molar-refractivity contribution is -0.667. The molecular formula is C12H16N4O3. The lowest BCUT2D eigenvalue weighted by atomic mass is 10.1. The third kappa shape index (κ3) is 2.67. The van der Waals surface area contributed by atoms with Gasteiger partial charge in [0.15, 0.2) is 0 Å². The van der Waals surface area contributed by atoms with Crippen molar-refractivity contribution in [2.45, 2.75) is 0 Å². The summed E-state index contributed by atoms with van der Waals surface area (Å²) in [6.45, 7) is 0.629. The van der Waals surface area contributed by atoms with Crippen molar-refractivity contribution in [2.24, 2.45) is 0 Å². The highest BCUT2D eigenvalue weighted by Gasteiger charge is 2.14. The van der Waals surface area contributed by atoms with Crippen molar-refractivity contribution in [3.8, 4) is 0 Å². The number of nitrogen functional groups attached to an aromatic ring is 1. The average molecular weight is 264 g/mol. The molecule has 1 aromatic carbocycles. The fraction of sp³-hybridized carbons (Fsp3) is 0.333. The average Bonchev–Trinajstić information content (AvgIpc) is 2.39. The number of nitrogens with two attached hydrogens (primary N) is 1. The van der Waals surface area contributed by atoms with E-state index in [-0.39, 0.29) is 13.2 Å². The van der Waals surface area contributed by atoms with E-state index in [0.717, 1.165) is 5.69 Å². The molecule has 7 heteroatoms. The van der Waals surface area contributed by atoms with E-state index in [4.69, 9.17) is 15.9 Å². The zero-order valence-corrected chi connectivity index (χ0v) is 10.4. The van der Waals surface area contributed by atoms with Crippen LogP contribution in [0.5, 0.6) is 0 Å². The minimum Gasteiger partial charge on any atom is -0.594 e. The molecule has 0 saturated carbocycles. The van der Waals surface area contributed by atoms with Crippen LogP contribution in [0, 0.1) is 5.21 Å². The van der Waals surface area contributed by atoms with Gasteiger partial charge in [-0.25, -0.2) is 0 Å². The number of anilines is 2. The third-order valence-corrected chi connectivity index (χ3v) is 2.92. The number of hydrogen-bond donors (Lipinski definition) is 3. The quantitative estimate of drug-likeness (QED) is 0.372. The van der Waals surface area contributed by atoms with E-state index in [2.05, 4.69) is 5.10 Å². The van der Waals surface area contributed by atoms with Crippen molar-refractivity contribution in [1.82, 2.24) is 5.10 Å². The van der Waals surface area contributed by atoms with Gasteiger partial charge in [0.1, 0.15) is 6.20 Å². The minimum absolute atomic E-state index is 0.0473. The lowest BCUT2D eigenvalue weighted by Gasteiger charge is -2.24. The topological polar surface area (TPSA) is 110 Å². The first kappa shape index (κ1) is 13.3. The molecule has 7 nitrogen and oxygen atoms in total. The summed E-state index contributed by atoms with van der Waals surface area (Å²) < 4.78 is 0. The molecule has 0 radical (unpaired) electrons. The van der Waals surface area contributed by atoms with E-state index in [1.54, 1.807) is 17.0 Å². The molecule has 1 aromatic heterocycles. The number of aliphatic hydroxyl groups excluding tert-OH is 2. The van der Waals surface area contributed by atoms with E-state index >= 15 is 0 Å². The molecule has 0 saturated heterocycles. The molecule has 0 amide bonds. The summed E-state index contributed by atoms with van der Waals surface area (Å²) in [5.74, 6) is 0. The van der Waals surface area contributed by atoms with E-state index in [9.17, 15) is 5.21 Å². The van der Waals surface area contributed by atoms with Gasteiger partial charge in [-0.2, -0.15) is 0 Å². The Labute approximate surface area is 110 Å². The van der Waals surface area contributed by atoms with Crippen LogP contribution in [0.2, 0.25) is 0 Å². The number of benzene rings is 1. The lowest BCUT2D eigenvalue weighted by Crippen LogP contribution is -2.32. The van der Waals surface area contributed by atoms with Crippen LogP contribution in [0.4, 0.5) is 11.4 Å². The molecule has 4 N–H and O–H groups in total. The Balaban J connectivity index is 2.58. The van der Waals surface area contributed by atoms with Crippen molar-refractivity contribution in [2.75, 3.05) is 36.9 Å². The maximum Gasteiger partial charge on any atom is 0.219 e. The fourth-order valence-corrected chi connectivity index (χ4v) is 2.05. The van der Waals surface area contributed by atoms with Gasteiger partial charge in [0.2, 0.25) is 6.20 Å². The number of rotatable bonds is 5. The molecule has 0 atom stereocenters. The molecule has 2 rings (SSSR count). The summed E-state index contributed by atoms with van der Waals surface area (Å²) >= 11 is 0. The van der Waals surface area contributed by atoms with Gasteiger partial charge < -0.3 is 26.1 Å². The Kier molecular flexibility index (Phi) is 3.98. The van der Waals surface area contributed by atoms with Crippen LogP contribution < -0.4 is 15.5 Å². The standard InChI is InChI=1S/C12H16N4O3/c13-11-1-2-12(15(3-5-17)4-6-18)10-8-16(19)14-7-9(10)11/h1-2,7-8,17-18H,3-6,13H2. The molecule has 0 aliphatic rings. The van der Waals surface area contributed by atoms with Crippen LogP contribution in [0.25, 0.3) is 10.8 Å². The zero-order chi connectivity index (χ0) is 13.8. The molecular weight excluding hydrogens is 248 g/mol. The van der Waals surface area contributed by atoms with Crippen LogP contribution in [0.3, 0.4) is 0 Å². The Bertz CT molecular complexity index is 570. The van der Waals surface area contributed by atoms with Crippen molar-refractivity contribution in [3.63, 3.8) is 0 Å². The number of aromatic nitrogens is 2. The fourth-order valence-electron chi connectivity index (χ4n) is 2.05. The summed E-state index contributed by atoms with van der Waals surface area (Å²) in [6.07, 6.45) is 2.75. The first-order valence-electron chi connectivity index (χ1n) is 5.91. The summed E-state index contributed by atoms with van der Waals surface area (Å²) in [6, 6.07) is 3.49. The summed E-state index contributed by atoms with van der Waals surface area (Å²) in [5.41, 5.74) is 7.12. The van der Waals surface area contributed by atoms with Gasteiger partial charge in [-0.05, 0) is 12.1 Å². The van der Waals surface area contributed by atoms with Crippen LogP contribution in [-0.4, -0.2) is 41.6 Å². The Morgan fingerprint density at radius 3 is 2.53 bits per heavy atom. The van der Waals surface area contributed by atoms with Gasteiger partial charge >= 0.3 is 0 Å². The Morgan fingerprint density at radius 1 is 1.21 bits per heavy atom. The normalized spacial score (nSPS) is 10.8. The second-order valence-electron chi connectivity index (χ2n) is 4.11. The van der Waals surface area contributed by atoms with Gasteiger partial charge in [-0.3, -0.25) is 0 Å². The molecule has 2 aromatic rings. The molecule has 0 fully saturated rings. The summed E-state index contributed by atoms with van der Waals surface area (Å²) in [7, 11) is 0. The molecule has 102 valence electrons. The summed E-state index contributed by atoms with van der Waals surface area (Å²) in [4.78, 5) is 2.25. The van der Waals surface area contributed by atoms with Crippen molar-refractivity contribution < 1.29 is 15.1 Å². The van der Waals surface area contributed by atoms with Crippen LogP contribution in [-0.2, 0) is 0 Å². The Hall–Kier alpha value is -2.12. The highest BCUT2D eigenvalue weighted by Crippen LogP contribution is 2.29. The predicted molar refractivity (Wildman–Crippen MR) is 71.5 cm³/mol. The second-order valence-corrected chi connectivity index (χ2v) is 4.11. The molecule has 0 spiro atoms. The van der Waals surface area contributed by atoms with Crippen molar-refractivity contribution in [3.05, 3.63) is 29.7 Å². The van der Waals surface area contributed by atoms with Crippen LogP contribution >= 0.6 is 0 Å². The number of nitrogens with zero attached hydrogens (tertiary/aromatic N) is 3. The first-order chi connectivity index (χ1) is 9.17. The van der Waals surface area contributed by atoms with Gasteiger partial charge in [-0.1, -0.05) is 4.85 Å². The maximum atomic E-state index is 11.3. The van der Waals surface area contributed by atoms with Gasteiger partial charge in [0.25, 0.3) is 0 Å². The van der Waals surface area contributed by atoms with Gasteiger partial charge in [0.05, 0.1) is 24.3 Å².